The summed E-state index contributed by atoms with van der Waals surface area (Å²) in [5.74, 6) is -0.376. The molecule has 1 fully saturated rings. The molecule has 0 bridgehead atoms. The molecule has 1 saturated carbocycles. The van der Waals surface area contributed by atoms with E-state index in [2.05, 4.69) is 5.32 Å². The fraction of sp³-hybridized carbons (Fsp3) is 0.235. The van der Waals surface area contributed by atoms with Gasteiger partial charge in [0.15, 0.2) is 0 Å². The van der Waals surface area contributed by atoms with Crippen molar-refractivity contribution in [2.75, 3.05) is 0 Å². The van der Waals surface area contributed by atoms with Gasteiger partial charge in [-0.3, -0.25) is 4.79 Å². The van der Waals surface area contributed by atoms with Crippen LogP contribution in [0, 0.1) is 5.82 Å². The maximum Gasteiger partial charge on any atom is 0.251 e. The molecule has 2 aromatic rings. The molecule has 0 radical (unpaired) electrons. The third-order valence-electron chi connectivity index (χ3n) is 3.95. The van der Waals surface area contributed by atoms with Crippen molar-refractivity contribution in [3.8, 4) is 0 Å². The molecule has 0 aromatic heterocycles. The van der Waals surface area contributed by atoms with Crippen LogP contribution >= 0.6 is 0 Å². The van der Waals surface area contributed by atoms with E-state index in [-0.39, 0.29) is 17.3 Å². The van der Waals surface area contributed by atoms with Crippen LogP contribution in [-0.4, -0.2) is 5.91 Å². The molecule has 0 aliphatic heterocycles. The molecule has 108 valence electrons. The highest BCUT2D eigenvalue weighted by Gasteiger charge is 2.45. The van der Waals surface area contributed by atoms with Crippen molar-refractivity contribution in [2.24, 2.45) is 5.73 Å². The number of hydrogen-bond donors (Lipinski definition) is 2. The van der Waals surface area contributed by atoms with E-state index in [0.29, 0.717) is 12.1 Å². The minimum Gasteiger partial charge on any atom is -0.343 e. The lowest BCUT2D eigenvalue weighted by molar-refractivity contribution is 0.0931. The van der Waals surface area contributed by atoms with Crippen LogP contribution < -0.4 is 11.1 Å². The summed E-state index contributed by atoms with van der Waals surface area (Å²) in [5, 5.41) is 3.06. The number of amides is 1. The second-order valence-corrected chi connectivity index (χ2v) is 5.44. The van der Waals surface area contributed by atoms with Crippen LogP contribution in [0.3, 0.4) is 0 Å². The Labute approximate surface area is 123 Å². The predicted octanol–water partition coefficient (Wildman–Crippen LogP) is 2.70. The zero-order valence-electron chi connectivity index (χ0n) is 11.6. The minimum atomic E-state index is -0.336. The second kappa shape index (κ2) is 5.30. The van der Waals surface area contributed by atoms with Gasteiger partial charge in [-0.15, -0.1) is 0 Å². The lowest BCUT2D eigenvalue weighted by Crippen LogP contribution is -2.34. The van der Waals surface area contributed by atoms with Gasteiger partial charge in [0, 0.05) is 12.1 Å². The average molecular weight is 284 g/mol. The summed E-state index contributed by atoms with van der Waals surface area (Å²) < 4.78 is 13.0. The average Bonchev–Trinajstić information content (AvgIpc) is 3.28. The number of carbonyl (C=O) groups excluding carboxylic acids is 1. The summed E-state index contributed by atoms with van der Waals surface area (Å²) in [6.07, 6.45) is 1.76. The van der Waals surface area contributed by atoms with E-state index >= 15 is 0 Å². The van der Waals surface area contributed by atoms with Crippen LogP contribution in [-0.2, 0) is 12.1 Å². The molecule has 3 nitrogen and oxygen atoms in total. The number of hydrogen-bond acceptors (Lipinski definition) is 2. The van der Waals surface area contributed by atoms with Crippen molar-refractivity contribution in [3.63, 3.8) is 0 Å². The predicted molar refractivity (Wildman–Crippen MR) is 79.1 cm³/mol. The minimum absolute atomic E-state index is 0.111. The number of halogens is 1. The Morgan fingerprint density at radius 1 is 1.10 bits per heavy atom. The number of nitrogens with one attached hydrogen (secondary N) is 1. The highest BCUT2D eigenvalue weighted by atomic mass is 19.1. The van der Waals surface area contributed by atoms with Crippen molar-refractivity contribution in [2.45, 2.75) is 24.9 Å². The molecule has 0 spiro atoms. The van der Waals surface area contributed by atoms with E-state index in [1.54, 1.807) is 24.3 Å². The molecular formula is C17H17FN2O. The molecule has 4 heteroatoms. The summed E-state index contributed by atoms with van der Waals surface area (Å²) in [6, 6.07) is 13.6. The molecule has 0 saturated heterocycles. The van der Waals surface area contributed by atoms with Crippen molar-refractivity contribution in [3.05, 3.63) is 71.0 Å². The van der Waals surface area contributed by atoms with Gasteiger partial charge < -0.3 is 11.1 Å². The SMILES string of the molecule is NCc1ccc(C(=O)NC2(c3ccc(F)cc3)CC2)cc1. The second-order valence-electron chi connectivity index (χ2n) is 5.44. The van der Waals surface area contributed by atoms with E-state index in [0.717, 1.165) is 24.0 Å². The number of nitrogens with two attached hydrogens (primary N) is 1. The Hall–Kier alpha value is -2.20. The van der Waals surface area contributed by atoms with Crippen LogP contribution in [0.5, 0.6) is 0 Å². The lowest BCUT2D eigenvalue weighted by atomic mass is 10.0. The molecule has 2 aromatic carbocycles. The zero-order valence-corrected chi connectivity index (χ0v) is 11.6. The third kappa shape index (κ3) is 2.81. The summed E-state index contributed by atoms with van der Waals surface area (Å²) >= 11 is 0. The van der Waals surface area contributed by atoms with E-state index in [9.17, 15) is 9.18 Å². The van der Waals surface area contributed by atoms with Crippen LogP contribution in [0.1, 0.15) is 34.3 Å². The summed E-state index contributed by atoms with van der Waals surface area (Å²) in [6.45, 7) is 0.460. The quantitative estimate of drug-likeness (QED) is 0.907. The van der Waals surface area contributed by atoms with Gasteiger partial charge in [0.05, 0.1) is 5.54 Å². The van der Waals surface area contributed by atoms with Crippen LogP contribution in [0.2, 0.25) is 0 Å². The van der Waals surface area contributed by atoms with Gasteiger partial charge in [-0.05, 0) is 48.2 Å². The normalized spacial score (nSPS) is 15.5. The monoisotopic (exact) mass is 284 g/mol. The van der Waals surface area contributed by atoms with Crippen LogP contribution in [0.4, 0.5) is 4.39 Å². The van der Waals surface area contributed by atoms with Crippen molar-refractivity contribution < 1.29 is 9.18 Å². The molecule has 1 aliphatic rings. The van der Waals surface area contributed by atoms with Crippen molar-refractivity contribution >= 4 is 5.91 Å². The van der Waals surface area contributed by atoms with Gasteiger partial charge in [-0.2, -0.15) is 0 Å². The molecule has 3 N–H and O–H groups in total. The van der Waals surface area contributed by atoms with Gasteiger partial charge in [0.25, 0.3) is 5.91 Å². The van der Waals surface area contributed by atoms with Crippen LogP contribution in [0.25, 0.3) is 0 Å². The van der Waals surface area contributed by atoms with E-state index in [4.69, 9.17) is 5.73 Å². The maximum absolute atomic E-state index is 13.0. The molecular weight excluding hydrogens is 267 g/mol. The molecule has 0 atom stereocenters. The van der Waals surface area contributed by atoms with Gasteiger partial charge in [-0.25, -0.2) is 4.39 Å². The topological polar surface area (TPSA) is 55.1 Å². The van der Waals surface area contributed by atoms with E-state index < -0.39 is 0 Å². The van der Waals surface area contributed by atoms with Crippen LogP contribution in [0.15, 0.2) is 48.5 Å². The molecule has 1 amide bonds. The molecule has 3 rings (SSSR count). The smallest absolute Gasteiger partial charge is 0.251 e. The fourth-order valence-corrected chi connectivity index (χ4v) is 2.46. The Morgan fingerprint density at radius 3 is 2.24 bits per heavy atom. The van der Waals surface area contributed by atoms with Gasteiger partial charge in [-0.1, -0.05) is 24.3 Å². The molecule has 0 heterocycles. The first-order valence-corrected chi connectivity index (χ1v) is 7.00. The van der Waals surface area contributed by atoms with E-state index in [1.165, 1.54) is 12.1 Å². The number of rotatable bonds is 4. The Balaban J connectivity index is 1.76. The fourth-order valence-electron chi connectivity index (χ4n) is 2.46. The first-order valence-electron chi connectivity index (χ1n) is 7.00. The zero-order chi connectivity index (χ0) is 14.9. The van der Waals surface area contributed by atoms with Gasteiger partial charge in [0.2, 0.25) is 0 Å². The van der Waals surface area contributed by atoms with E-state index in [1.807, 2.05) is 12.1 Å². The Bertz CT molecular complexity index is 645. The molecule has 1 aliphatic carbocycles. The first-order chi connectivity index (χ1) is 10.1. The highest BCUT2D eigenvalue weighted by molar-refractivity contribution is 5.95. The summed E-state index contributed by atoms with van der Waals surface area (Å²) in [5.41, 5.74) is 7.77. The van der Waals surface area contributed by atoms with Crippen molar-refractivity contribution in [1.82, 2.24) is 5.32 Å². The highest BCUT2D eigenvalue weighted by Crippen LogP contribution is 2.45. The largest absolute Gasteiger partial charge is 0.343 e. The maximum atomic E-state index is 13.0. The number of benzene rings is 2. The lowest BCUT2D eigenvalue weighted by Gasteiger charge is -2.18. The van der Waals surface area contributed by atoms with Gasteiger partial charge >= 0.3 is 0 Å². The first kappa shape index (κ1) is 13.8. The van der Waals surface area contributed by atoms with Gasteiger partial charge in [0.1, 0.15) is 5.82 Å². The summed E-state index contributed by atoms with van der Waals surface area (Å²) in [4.78, 5) is 12.3. The Kier molecular flexibility index (Phi) is 3.47. The molecule has 0 unspecified atom stereocenters. The Morgan fingerprint density at radius 2 is 1.71 bits per heavy atom. The molecule has 21 heavy (non-hydrogen) atoms. The van der Waals surface area contributed by atoms with Crippen molar-refractivity contribution in [1.29, 1.82) is 0 Å². The third-order valence-corrected chi connectivity index (χ3v) is 3.95. The summed E-state index contributed by atoms with van der Waals surface area (Å²) in [7, 11) is 0. The standard InChI is InChI=1S/C17H17FN2O/c18-15-7-5-14(6-8-15)17(9-10-17)20-16(21)13-3-1-12(11-19)2-4-13/h1-8H,9-11,19H2,(H,20,21). The number of carbonyl (C=O) groups is 1.